The second-order valence-corrected chi connectivity index (χ2v) is 9.41. The van der Waals surface area contributed by atoms with Crippen molar-refractivity contribution in [2.75, 3.05) is 18.0 Å². The summed E-state index contributed by atoms with van der Waals surface area (Å²) in [4.78, 5) is 2.05. The monoisotopic (exact) mass is 367 g/mol. The van der Waals surface area contributed by atoms with Gasteiger partial charge in [-0.25, -0.2) is 9.48 Å². The predicted octanol–water partition coefficient (Wildman–Crippen LogP) is 4.89. The molecular formula is C23H31N2O2+. The summed E-state index contributed by atoms with van der Waals surface area (Å²) in [5, 5.41) is 20.8. The highest BCUT2D eigenvalue weighted by molar-refractivity contribution is 5.81. The molecule has 1 heterocycles. The fourth-order valence-electron chi connectivity index (χ4n) is 3.30. The molecule has 0 radical (unpaired) electrons. The first-order valence-corrected chi connectivity index (χ1v) is 9.52. The minimum absolute atomic E-state index is 0.0150. The Kier molecular flexibility index (Phi) is 4.71. The predicted molar refractivity (Wildman–Crippen MR) is 112 cm³/mol. The lowest BCUT2D eigenvalue weighted by Gasteiger charge is -2.20. The van der Waals surface area contributed by atoms with Gasteiger partial charge >= 0.3 is 0 Å². The number of anilines is 1. The molecule has 4 heteroatoms. The maximum atomic E-state index is 10.4. The highest BCUT2D eigenvalue weighted by atomic mass is 16.3. The molecule has 27 heavy (non-hydrogen) atoms. The average molecular weight is 368 g/mol. The molecule has 0 unspecified atom stereocenters. The third kappa shape index (κ3) is 3.95. The van der Waals surface area contributed by atoms with Crippen molar-refractivity contribution in [2.45, 2.75) is 52.4 Å². The standard InChI is InChI=1S/C23H30N2O2/c1-22(2,3)16-7-9-20(26)18(13-16)24-11-12-25(15-24)19-14-17(23(4,5)6)8-10-21(19)27/h7-10,13-15H,11-12H2,1-6H3,(H-,26,27)/p+1. The Labute approximate surface area is 162 Å². The molecule has 1 aliphatic heterocycles. The Morgan fingerprint density at radius 2 is 1.37 bits per heavy atom. The molecule has 4 nitrogen and oxygen atoms in total. The number of aromatic hydroxyl groups is 2. The van der Waals surface area contributed by atoms with E-state index in [4.69, 9.17) is 0 Å². The van der Waals surface area contributed by atoms with Gasteiger partial charge in [-0.2, -0.15) is 0 Å². The van der Waals surface area contributed by atoms with Crippen molar-refractivity contribution in [1.29, 1.82) is 0 Å². The molecule has 3 rings (SSSR count). The molecule has 2 aromatic carbocycles. The van der Waals surface area contributed by atoms with Crippen LogP contribution in [0.5, 0.6) is 11.5 Å². The minimum Gasteiger partial charge on any atom is -0.504 e. The van der Waals surface area contributed by atoms with E-state index in [0.29, 0.717) is 0 Å². The van der Waals surface area contributed by atoms with Crippen molar-refractivity contribution in [3.8, 4) is 11.5 Å². The van der Waals surface area contributed by atoms with Crippen molar-refractivity contribution < 1.29 is 14.8 Å². The van der Waals surface area contributed by atoms with Crippen molar-refractivity contribution in [3.05, 3.63) is 47.5 Å². The molecule has 0 aromatic heterocycles. The zero-order valence-corrected chi connectivity index (χ0v) is 17.2. The first-order chi connectivity index (χ1) is 12.5. The van der Waals surface area contributed by atoms with E-state index >= 15 is 0 Å². The summed E-state index contributed by atoms with van der Waals surface area (Å²) in [5.41, 5.74) is 4.00. The van der Waals surface area contributed by atoms with Crippen molar-refractivity contribution in [3.63, 3.8) is 0 Å². The summed E-state index contributed by atoms with van der Waals surface area (Å²) in [6, 6.07) is 11.6. The van der Waals surface area contributed by atoms with Gasteiger partial charge in [0.2, 0.25) is 6.34 Å². The summed E-state index contributed by atoms with van der Waals surface area (Å²) in [6.45, 7) is 14.5. The molecule has 0 spiro atoms. The van der Waals surface area contributed by atoms with E-state index in [1.54, 1.807) is 12.1 Å². The smallest absolute Gasteiger partial charge is 0.245 e. The van der Waals surface area contributed by atoms with Crippen LogP contribution in [0.3, 0.4) is 0 Å². The van der Waals surface area contributed by atoms with E-state index in [9.17, 15) is 10.2 Å². The van der Waals surface area contributed by atoms with Gasteiger partial charge in [-0.05, 0) is 46.2 Å². The molecule has 0 fully saturated rings. The lowest BCUT2D eigenvalue weighted by molar-refractivity contribution is -0.424. The fraction of sp³-hybridized carbons (Fsp3) is 0.435. The van der Waals surface area contributed by atoms with E-state index < -0.39 is 0 Å². The van der Waals surface area contributed by atoms with Gasteiger partial charge in [-0.15, -0.1) is 0 Å². The normalized spacial score (nSPS) is 15.2. The average Bonchev–Trinajstić information content (AvgIpc) is 3.03. The van der Waals surface area contributed by atoms with Crippen LogP contribution in [-0.4, -0.2) is 34.2 Å². The lowest BCUT2D eigenvalue weighted by atomic mass is 9.86. The Hall–Kier alpha value is -2.49. The highest BCUT2D eigenvalue weighted by Gasteiger charge is 2.28. The topological polar surface area (TPSA) is 46.7 Å². The molecule has 144 valence electrons. The van der Waals surface area contributed by atoms with Crippen LogP contribution in [0.4, 0.5) is 11.4 Å². The minimum atomic E-state index is 0.0150. The first kappa shape index (κ1) is 19.3. The van der Waals surface area contributed by atoms with Crippen LogP contribution in [0, 0.1) is 0 Å². The summed E-state index contributed by atoms with van der Waals surface area (Å²) in [7, 11) is 0. The Morgan fingerprint density at radius 1 is 0.815 bits per heavy atom. The quantitative estimate of drug-likeness (QED) is 0.743. The van der Waals surface area contributed by atoms with Crippen molar-refractivity contribution >= 4 is 17.7 Å². The number of benzene rings is 2. The number of hydrogen-bond acceptors (Lipinski definition) is 3. The number of nitrogens with zero attached hydrogens (tertiary/aromatic N) is 2. The van der Waals surface area contributed by atoms with Crippen LogP contribution >= 0.6 is 0 Å². The Morgan fingerprint density at radius 3 is 1.96 bits per heavy atom. The van der Waals surface area contributed by atoms with Crippen LogP contribution in [0.25, 0.3) is 0 Å². The first-order valence-electron chi connectivity index (χ1n) is 9.52. The van der Waals surface area contributed by atoms with Crippen LogP contribution in [0.2, 0.25) is 0 Å². The van der Waals surface area contributed by atoms with E-state index in [1.165, 1.54) is 11.1 Å². The van der Waals surface area contributed by atoms with Crippen LogP contribution in [-0.2, 0) is 10.8 Å². The third-order valence-electron chi connectivity index (χ3n) is 5.16. The van der Waals surface area contributed by atoms with E-state index in [-0.39, 0.29) is 22.3 Å². The van der Waals surface area contributed by atoms with Gasteiger partial charge in [0.15, 0.2) is 22.9 Å². The fourth-order valence-corrected chi connectivity index (χ4v) is 3.30. The summed E-state index contributed by atoms with van der Waals surface area (Å²) >= 11 is 0. The molecule has 0 aliphatic carbocycles. The summed E-state index contributed by atoms with van der Waals surface area (Å²) in [6.07, 6.45) is 1.98. The maximum Gasteiger partial charge on any atom is 0.245 e. The number of phenolic OH excluding ortho intramolecular Hbond substituents is 2. The van der Waals surface area contributed by atoms with Gasteiger partial charge in [-0.3, -0.25) is 0 Å². The molecule has 1 aliphatic rings. The molecular weight excluding hydrogens is 336 g/mol. The second kappa shape index (κ2) is 6.59. The zero-order valence-electron chi connectivity index (χ0n) is 17.2. The molecule has 0 amide bonds. The van der Waals surface area contributed by atoms with Gasteiger partial charge < -0.3 is 10.2 Å². The van der Waals surface area contributed by atoms with E-state index in [0.717, 1.165) is 24.5 Å². The highest BCUT2D eigenvalue weighted by Crippen LogP contribution is 2.36. The lowest BCUT2D eigenvalue weighted by Crippen LogP contribution is -2.19. The molecule has 0 saturated heterocycles. The SMILES string of the molecule is CC(C)(C)c1ccc(O)c(N2C=[N+](c3cc(C(C)(C)C)ccc3O)CC2)c1. The molecule has 2 aromatic rings. The zero-order chi connectivity index (χ0) is 20.0. The van der Waals surface area contributed by atoms with E-state index in [1.807, 2.05) is 27.9 Å². The molecule has 0 saturated carbocycles. The van der Waals surface area contributed by atoms with Crippen molar-refractivity contribution in [2.24, 2.45) is 0 Å². The maximum absolute atomic E-state index is 10.4. The largest absolute Gasteiger partial charge is 0.504 e. The number of rotatable bonds is 2. The van der Waals surface area contributed by atoms with Crippen LogP contribution in [0.15, 0.2) is 36.4 Å². The number of phenols is 2. The van der Waals surface area contributed by atoms with E-state index in [2.05, 4.69) is 53.7 Å². The van der Waals surface area contributed by atoms with Crippen LogP contribution in [0.1, 0.15) is 52.7 Å². The summed E-state index contributed by atoms with van der Waals surface area (Å²) < 4.78 is 2.05. The van der Waals surface area contributed by atoms with Gasteiger partial charge in [0.05, 0.1) is 0 Å². The van der Waals surface area contributed by atoms with Crippen molar-refractivity contribution in [1.82, 2.24) is 0 Å². The van der Waals surface area contributed by atoms with Gasteiger partial charge in [0, 0.05) is 0 Å². The van der Waals surface area contributed by atoms with Crippen LogP contribution < -0.4 is 4.90 Å². The molecule has 0 atom stereocenters. The third-order valence-corrected chi connectivity index (χ3v) is 5.16. The second-order valence-electron chi connectivity index (χ2n) is 9.41. The van der Waals surface area contributed by atoms with Gasteiger partial charge in [-0.1, -0.05) is 53.7 Å². The Balaban J connectivity index is 1.99. The molecule has 0 bridgehead atoms. The number of hydrogen-bond donors (Lipinski definition) is 2. The summed E-state index contributed by atoms with van der Waals surface area (Å²) in [5.74, 6) is 0.544. The molecule has 2 N–H and O–H groups in total. The van der Waals surface area contributed by atoms with Gasteiger partial charge in [0.25, 0.3) is 0 Å². The Bertz CT molecular complexity index is 886. The van der Waals surface area contributed by atoms with Gasteiger partial charge in [0.1, 0.15) is 13.1 Å².